The van der Waals surface area contributed by atoms with E-state index in [4.69, 9.17) is 4.42 Å². The third-order valence-corrected chi connectivity index (χ3v) is 4.71. The number of hydrogen-bond acceptors (Lipinski definition) is 6. The second-order valence-electron chi connectivity index (χ2n) is 6.46. The van der Waals surface area contributed by atoms with E-state index in [0.29, 0.717) is 0 Å². The van der Waals surface area contributed by atoms with Crippen LogP contribution in [0.5, 0.6) is 0 Å². The molecule has 0 spiro atoms. The number of non-ortho nitro benzene ring substituents is 1. The minimum atomic E-state index is -1.10. The number of ketones is 1. The number of nitrogens with zero attached hydrogens (tertiary/aromatic N) is 2. The summed E-state index contributed by atoms with van der Waals surface area (Å²) in [5, 5.41) is 21.7. The summed E-state index contributed by atoms with van der Waals surface area (Å²) in [6, 6.07) is 11.9. The van der Waals surface area contributed by atoms with Gasteiger partial charge in [0, 0.05) is 23.4 Å². The van der Waals surface area contributed by atoms with Crippen LogP contribution in [0.15, 0.2) is 76.9 Å². The third-order valence-electron chi connectivity index (χ3n) is 4.71. The molecule has 1 unspecified atom stereocenters. The fraction of sp³-hybridized carbons (Fsp3) is 0.0476. The van der Waals surface area contributed by atoms with E-state index in [2.05, 4.69) is 0 Å². The molecule has 2 heterocycles. The monoisotopic (exact) mass is 408 g/mol. The molecule has 1 N–H and O–H groups in total. The maximum Gasteiger partial charge on any atom is 0.300 e. The van der Waals surface area contributed by atoms with Crippen LogP contribution in [0.3, 0.4) is 0 Å². The molecule has 1 saturated heterocycles. The first-order valence-electron chi connectivity index (χ1n) is 8.73. The summed E-state index contributed by atoms with van der Waals surface area (Å²) in [6.45, 7) is 0. The topological polar surface area (TPSA) is 114 Å². The van der Waals surface area contributed by atoms with Crippen LogP contribution in [0.2, 0.25) is 0 Å². The Hall–Kier alpha value is -4.27. The SMILES string of the molecule is O=C1C(=O)N(c2ccc(F)cc2)C(c2ccco2)/C1=C(/O)c1ccc([N+](=O)[O-])cc1. The Balaban J connectivity index is 1.88. The summed E-state index contributed by atoms with van der Waals surface area (Å²) in [5.74, 6) is -2.70. The Morgan fingerprint density at radius 1 is 1.07 bits per heavy atom. The van der Waals surface area contributed by atoms with Crippen LogP contribution in [0, 0.1) is 15.9 Å². The van der Waals surface area contributed by atoms with Crippen LogP contribution in [-0.2, 0) is 9.59 Å². The number of halogens is 1. The van der Waals surface area contributed by atoms with Crippen molar-refractivity contribution in [2.75, 3.05) is 4.90 Å². The van der Waals surface area contributed by atoms with E-state index < -0.39 is 34.2 Å². The summed E-state index contributed by atoms with van der Waals surface area (Å²) < 4.78 is 18.7. The second kappa shape index (κ2) is 7.28. The average Bonchev–Trinajstić information content (AvgIpc) is 3.36. The highest BCUT2D eigenvalue weighted by Gasteiger charge is 2.48. The van der Waals surface area contributed by atoms with E-state index >= 15 is 0 Å². The molecule has 2 aromatic carbocycles. The van der Waals surface area contributed by atoms with Crippen molar-refractivity contribution >= 4 is 28.8 Å². The van der Waals surface area contributed by atoms with E-state index in [0.717, 1.165) is 17.0 Å². The molecule has 4 rings (SSSR count). The molecule has 9 heteroatoms. The van der Waals surface area contributed by atoms with Gasteiger partial charge in [0.2, 0.25) is 0 Å². The van der Waals surface area contributed by atoms with Gasteiger partial charge < -0.3 is 9.52 Å². The van der Waals surface area contributed by atoms with E-state index in [1.807, 2.05) is 0 Å². The highest BCUT2D eigenvalue weighted by Crippen LogP contribution is 2.42. The number of amides is 1. The Morgan fingerprint density at radius 3 is 2.30 bits per heavy atom. The van der Waals surface area contributed by atoms with Crippen molar-refractivity contribution in [1.29, 1.82) is 0 Å². The third kappa shape index (κ3) is 3.12. The van der Waals surface area contributed by atoms with Gasteiger partial charge in [0.05, 0.1) is 16.8 Å². The number of benzene rings is 2. The van der Waals surface area contributed by atoms with Crippen molar-refractivity contribution < 1.29 is 28.4 Å². The first-order valence-corrected chi connectivity index (χ1v) is 8.73. The van der Waals surface area contributed by atoms with E-state index in [1.165, 1.54) is 48.7 Å². The van der Waals surface area contributed by atoms with Gasteiger partial charge in [-0.15, -0.1) is 0 Å². The average molecular weight is 408 g/mol. The van der Waals surface area contributed by atoms with Gasteiger partial charge in [0.15, 0.2) is 0 Å². The van der Waals surface area contributed by atoms with Gasteiger partial charge >= 0.3 is 0 Å². The molecule has 0 radical (unpaired) electrons. The highest BCUT2D eigenvalue weighted by atomic mass is 19.1. The number of Topliss-reactive ketones (excluding diaryl/α,β-unsaturated/α-hetero) is 1. The maximum absolute atomic E-state index is 13.3. The number of aliphatic hydroxyl groups excluding tert-OH is 1. The second-order valence-corrected chi connectivity index (χ2v) is 6.46. The first-order chi connectivity index (χ1) is 14.4. The molecule has 150 valence electrons. The number of nitro groups is 1. The van der Waals surface area contributed by atoms with Gasteiger partial charge in [-0.1, -0.05) is 0 Å². The standard InChI is InChI=1S/C21H13FN2O6/c22-13-5-9-14(10-6-13)23-18(16-2-1-11-30-16)17(20(26)21(23)27)19(25)12-3-7-15(8-4-12)24(28)29/h1-11,18,25H/b19-17-. The molecule has 0 saturated carbocycles. The van der Waals surface area contributed by atoms with Gasteiger partial charge in [-0.25, -0.2) is 4.39 Å². The quantitative estimate of drug-likeness (QED) is 0.230. The van der Waals surface area contributed by atoms with E-state index in [-0.39, 0.29) is 28.3 Å². The van der Waals surface area contributed by atoms with Gasteiger partial charge in [0.1, 0.15) is 23.4 Å². The smallest absolute Gasteiger partial charge is 0.300 e. The number of furan rings is 1. The van der Waals surface area contributed by atoms with E-state index in [1.54, 1.807) is 6.07 Å². The number of nitro benzene ring substituents is 1. The van der Waals surface area contributed by atoms with Crippen molar-refractivity contribution in [3.8, 4) is 0 Å². The number of rotatable bonds is 4. The van der Waals surface area contributed by atoms with Crippen molar-refractivity contribution in [1.82, 2.24) is 0 Å². The summed E-state index contributed by atoms with van der Waals surface area (Å²) in [4.78, 5) is 37.0. The van der Waals surface area contributed by atoms with Crippen molar-refractivity contribution in [3.63, 3.8) is 0 Å². The number of carbonyl (C=O) groups is 2. The molecular weight excluding hydrogens is 395 g/mol. The molecule has 30 heavy (non-hydrogen) atoms. The van der Waals surface area contributed by atoms with Gasteiger partial charge in [0.25, 0.3) is 17.4 Å². The number of anilines is 1. The fourth-order valence-electron chi connectivity index (χ4n) is 3.31. The Labute approximate surface area is 168 Å². The Morgan fingerprint density at radius 2 is 1.73 bits per heavy atom. The molecule has 0 bridgehead atoms. The van der Waals surface area contributed by atoms with Crippen molar-refractivity contribution in [2.24, 2.45) is 0 Å². The summed E-state index contributed by atoms with van der Waals surface area (Å²) in [6.07, 6.45) is 1.35. The predicted molar refractivity (Wildman–Crippen MR) is 103 cm³/mol. The summed E-state index contributed by atoms with van der Waals surface area (Å²) >= 11 is 0. The molecule has 1 aliphatic heterocycles. The normalized spacial score (nSPS) is 18.0. The van der Waals surface area contributed by atoms with Gasteiger partial charge in [-0.3, -0.25) is 24.6 Å². The lowest BCUT2D eigenvalue weighted by Gasteiger charge is -2.23. The Kier molecular flexibility index (Phi) is 4.63. The molecule has 1 fully saturated rings. The number of hydrogen-bond donors (Lipinski definition) is 1. The largest absolute Gasteiger partial charge is 0.507 e. The predicted octanol–water partition coefficient (Wildman–Crippen LogP) is 3.95. The van der Waals surface area contributed by atoms with Gasteiger partial charge in [-0.05, 0) is 48.5 Å². The number of aliphatic hydroxyl groups is 1. The molecule has 1 aromatic heterocycles. The number of carbonyl (C=O) groups excluding carboxylic acids is 2. The molecule has 0 aliphatic carbocycles. The zero-order valence-electron chi connectivity index (χ0n) is 15.2. The van der Waals surface area contributed by atoms with Crippen molar-refractivity contribution in [2.45, 2.75) is 6.04 Å². The molecule has 1 aliphatic rings. The molecule has 8 nitrogen and oxygen atoms in total. The summed E-state index contributed by atoms with van der Waals surface area (Å²) in [5.41, 5.74) is -0.0778. The maximum atomic E-state index is 13.3. The molecule has 3 aromatic rings. The minimum absolute atomic E-state index is 0.120. The highest BCUT2D eigenvalue weighted by molar-refractivity contribution is 6.51. The van der Waals surface area contributed by atoms with Crippen molar-refractivity contribution in [3.05, 3.63) is 99.8 Å². The first kappa shape index (κ1) is 19.1. The van der Waals surface area contributed by atoms with Crippen LogP contribution in [0.4, 0.5) is 15.8 Å². The van der Waals surface area contributed by atoms with Gasteiger partial charge in [-0.2, -0.15) is 0 Å². The molecule has 1 atom stereocenters. The Bertz CT molecular complexity index is 1170. The van der Waals surface area contributed by atoms with Crippen LogP contribution in [-0.4, -0.2) is 21.7 Å². The zero-order valence-corrected chi connectivity index (χ0v) is 15.2. The van der Waals surface area contributed by atoms with E-state index in [9.17, 15) is 29.2 Å². The fourth-order valence-corrected chi connectivity index (χ4v) is 3.31. The van der Waals surface area contributed by atoms with Crippen LogP contribution in [0.25, 0.3) is 5.76 Å². The van der Waals surface area contributed by atoms with Crippen LogP contribution >= 0.6 is 0 Å². The minimum Gasteiger partial charge on any atom is -0.507 e. The lowest BCUT2D eigenvalue weighted by molar-refractivity contribution is -0.384. The van der Waals surface area contributed by atoms with Crippen LogP contribution in [0.1, 0.15) is 17.4 Å². The molecule has 1 amide bonds. The summed E-state index contributed by atoms with van der Waals surface area (Å²) in [7, 11) is 0. The zero-order chi connectivity index (χ0) is 21.4. The van der Waals surface area contributed by atoms with Crippen LogP contribution < -0.4 is 4.90 Å². The molecular formula is C21H13FN2O6. The lowest BCUT2D eigenvalue weighted by Crippen LogP contribution is -2.29. The lowest BCUT2D eigenvalue weighted by atomic mass is 9.99.